The average Bonchev–Trinajstić information content (AvgIpc) is 2.49. The van der Waals surface area contributed by atoms with E-state index < -0.39 is 0 Å². The lowest BCUT2D eigenvalue weighted by Gasteiger charge is -2.38. The van der Waals surface area contributed by atoms with Crippen molar-refractivity contribution in [1.29, 1.82) is 0 Å². The van der Waals surface area contributed by atoms with E-state index in [1.807, 2.05) is 12.1 Å². The number of hydrogen-bond donors (Lipinski definition) is 1. The molecule has 0 unspecified atom stereocenters. The molecule has 0 amide bonds. The smallest absolute Gasteiger partial charge is 0.0451 e. The van der Waals surface area contributed by atoms with Crippen LogP contribution < -0.4 is 5.32 Å². The summed E-state index contributed by atoms with van der Waals surface area (Å²) < 4.78 is 0. The molecule has 1 saturated carbocycles. The highest BCUT2D eigenvalue weighted by atomic mass is 35.5. The van der Waals surface area contributed by atoms with Gasteiger partial charge in [0, 0.05) is 17.1 Å². The predicted molar refractivity (Wildman–Crippen MR) is 87.3 cm³/mol. The fraction of sp³-hybridized carbons (Fsp3) is 0.647. The van der Waals surface area contributed by atoms with Crippen LogP contribution >= 0.6 is 11.6 Å². The van der Waals surface area contributed by atoms with Crippen LogP contribution in [-0.4, -0.2) is 31.1 Å². The number of rotatable bonds is 6. The minimum absolute atomic E-state index is 0.368. The van der Waals surface area contributed by atoms with E-state index in [4.69, 9.17) is 11.6 Å². The third-order valence-corrected chi connectivity index (χ3v) is 5.08. The first-order valence-electron chi connectivity index (χ1n) is 7.76. The summed E-state index contributed by atoms with van der Waals surface area (Å²) in [6.45, 7) is 2.05. The Bertz CT molecular complexity index is 413. The van der Waals surface area contributed by atoms with Crippen molar-refractivity contribution >= 4 is 11.6 Å². The Morgan fingerprint density at radius 2 is 1.90 bits per heavy atom. The molecule has 3 heteroatoms. The van der Waals surface area contributed by atoms with E-state index in [0.717, 1.165) is 18.1 Å². The summed E-state index contributed by atoms with van der Waals surface area (Å²) in [6.07, 6.45) is 8.01. The van der Waals surface area contributed by atoms with Crippen LogP contribution in [0.5, 0.6) is 0 Å². The van der Waals surface area contributed by atoms with E-state index in [-0.39, 0.29) is 0 Å². The molecule has 1 aromatic rings. The van der Waals surface area contributed by atoms with Crippen LogP contribution in [0.1, 0.15) is 44.1 Å². The summed E-state index contributed by atoms with van der Waals surface area (Å²) >= 11 is 6.23. The molecule has 0 spiro atoms. The molecule has 1 fully saturated rings. The van der Waals surface area contributed by atoms with Gasteiger partial charge in [-0.25, -0.2) is 0 Å². The fourth-order valence-electron chi connectivity index (χ4n) is 3.25. The second-order valence-electron chi connectivity index (χ2n) is 6.17. The van der Waals surface area contributed by atoms with Gasteiger partial charge in [-0.3, -0.25) is 0 Å². The molecule has 2 rings (SSSR count). The van der Waals surface area contributed by atoms with E-state index in [0.29, 0.717) is 5.54 Å². The second kappa shape index (κ2) is 7.44. The van der Waals surface area contributed by atoms with Gasteiger partial charge < -0.3 is 10.2 Å². The minimum atomic E-state index is 0.368. The Kier molecular flexibility index (Phi) is 5.88. The van der Waals surface area contributed by atoms with Crippen LogP contribution in [0.2, 0.25) is 5.02 Å². The summed E-state index contributed by atoms with van der Waals surface area (Å²) in [4.78, 5) is 2.38. The van der Waals surface area contributed by atoms with E-state index in [9.17, 15) is 0 Å². The van der Waals surface area contributed by atoms with Gasteiger partial charge in [-0.05, 0) is 51.5 Å². The summed E-state index contributed by atoms with van der Waals surface area (Å²) in [7, 11) is 4.31. The first-order chi connectivity index (χ1) is 9.65. The second-order valence-corrected chi connectivity index (χ2v) is 6.58. The maximum atomic E-state index is 6.23. The Morgan fingerprint density at radius 1 is 1.20 bits per heavy atom. The van der Waals surface area contributed by atoms with Crippen molar-refractivity contribution in [2.24, 2.45) is 0 Å². The number of halogens is 1. The van der Waals surface area contributed by atoms with Crippen molar-refractivity contribution in [2.45, 2.75) is 50.6 Å². The molecule has 1 N–H and O–H groups in total. The maximum Gasteiger partial charge on any atom is 0.0451 e. The highest BCUT2D eigenvalue weighted by Gasteiger charge is 2.29. The van der Waals surface area contributed by atoms with Gasteiger partial charge in [0.2, 0.25) is 0 Å². The highest BCUT2D eigenvalue weighted by Crippen LogP contribution is 2.31. The van der Waals surface area contributed by atoms with Gasteiger partial charge in [0.05, 0.1) is 0 Å². The lowest BCUT2D eigenvalue weighted by Crippen LogP contribution is -2.46. The van der Waals surface area contributed by atoms with E-state index >= 15 is 0 Å². The van der Waals surface area contributed by atoms with E-state index in [2.05, 4.69) is 36.4 Å². The van der Waals surface area contributed by atoms with Crippen LogP contribution in [0.3, 0.4) is 0 Å². The largest absolute Gasteiger partial charge is 0.314 e. The quantitative estimate of drug-likeness (QED) is 0.850. The van der Waals surface area contributed by atoms with Crippen LogP contribution in [-0.2, 0) is 6.54 Å². The van der Waals surface area contributed by atoms with Gasteiger partial charge >= 0.3 is 0 Å². The molecule has 0 atom stereocenters. The molecule has 0 heterocycles. The molecule has 20 heavy (non-hydrogen) atoms. The highest BCUT2D eigenvalue weighted by molar-refractivity contribution is 6.31. The zero-order valence-electron chi connectivity index (χ0n) is 12.8. The Labute approximate surface area is 128 Å². The van der Waals surface area contributed by atoms with Crippen molar-refractivity contribution in [1.82, 2.24) is 10.2 Å². The van der Waals surface area contributed by atoms with Crippen LogP contribution in [0.25, 0.3) is 0 Å². The van der Waals surface area contributed by atoms with E-state index in [1.54, 1.807) is 0 Å². The minimum Gasteiger partial charge on any atom is -0.314 e. The fourth-order valence-corrected chi connectivity index (χ4v) is 3.45. The molecule has 2 nitrogen and oxygen atoms in total. The number of nitrogens with one attached hydrogen (secondary N) is 1. The van der Waals surface area contributed by atoms with Gasteiger partial charge in [-0.1, -0.05) is 49.1 Å². The Hall–Kier alpha value is -0.570. The van der Waals surface area contributed by atoms with Crippen LogP contribution in [0, 0.1) is 0 Å². The van der Waals surface area contributed by atoms with Crippen LogP contribution in [0.4, 0.5) is 0 Å². The lowest BCUT2D eigenvalue weighted by atomic mass is 9.79. The number of benzene rings is 1. The Balaban J connectivity index is 1.85. The molecule has 0 bridgehead atoms. The molecule has 1 aliphatic rings. The van der Waals surface area contributed by atoms with E-state index in [1.165, 1.54) is 44.1 Å². The lowest BCUT2D eigenvalue weighted by molar-refractivity contribution is 0.194. The van der Waals surface area contributed by atoms with Crippen molar-refractivity contribution in [3.05, 3.63) is 34.9 Å². The third kappa shape index (κ3) is 4.21. The molecule has 112 valence electrons. The maximum absolute atomic E-state index is 6.23. The van der Waals surface area contributed by atoms with Crippen molar-refractivity contribution < 1.29 is 0 Å². The van der Waals surface area contributed by atoms with Gasteiger partial charge in [0.15, 0.2) is 0 Å². The summed E-state index contributed by atoms with van der Waals surface area (Å²) in [5.74, 6) is 0. The van der Waals surface area contributed by atoms with Gasteiger partial charge in [0.25, 0.3) is 0 Å². The molecule has 0 aromatic heterocycles. The Morgan fingerprint density at radius 3 is 2.55 bits per heavy atom. The monoisotopic (exact) mass is 294 g/mol. The van der Waals surface area contributed by atoms with Gasteiger partial charge in [0.1, 0.15) is 0 Å². The van der Waals surface area contributed by atoms with Crippen molar-refractivity contribution in [2.75, 3.05) is 20.6 Å². The van der Waals surface area contributed by atoms with Crippen LogP contribution in [0.15, 0.2) is 24.3 Å². The average molecular weight is 295 g/mol. The van der Waals surface area contributed by atoms with Crippen molar-refractivity contribution in [3.8, 4) is 0 Å². The molecule has 1 aliphatic carbocycles. The first-order valence-corrected chi connectivity index (χ1v) is 8.14. The third-order valence-electron chi connectivity index (χ3n) is 4.71. The standard InChI is InChI=1S/C17H27ClN2/c1-19-17(10-6-3-7-11-17)12-13-20(2)14-15-8-4-5-9-16(15)18/h4-5,8-9,19H,3,6-7,10-14H2,1-2H3. The zero-order chi connectivity index (χ0) is 14.4. The molecule has 1 aromatic carbocycles. The number of nitrogens with zero attached hydrogens (tertiary/aromatic N) is 1. The number of hydrogen-bond acceptors (Lipinski definition) is 2. The molecular weight excluding hydrogens is 268 g/mol. The van der Waals surface area contributed by atoms with Crippen molar-refractivity contribution in [3.63, 3.8) is 0 Å². The molecular formula is C17H27ClN2. The normalized spacial score (nSPS) is 18.4. The summed E-state index contributed by atoms with van der Waals surface area (Å²) in [6, 6.07) is 8.14. The van der Waals surface area contributed by atoms with Gasteiger partial charge in [-0.2, -0.15) is 0 Å². The molecule has 0 saturated heterocycles. The topological polar surface area (TPSA) is 15.3 Å². The zero-order valence-corrected chi connectivity index (χ0v) is 13.5. The molecule has 0 aliphatic heterocycles. The SMILES string of the molecule is CNC1(CCN(C)Cc2ccccc2Cl)CCCCC1. The van der Waals surface area contributed by atoms with Gasteiger partial charge in [-0.15, -0.1) is 0 Å². The molecule has 0 radical (unpaired) electrons. The first kappa shape index (κ1) is 15.8. The summed E-state index contributed by atoms with van der Waals surface area (Å²) in [5, 5.41) is 4.47. The predicted octanol–water partition coefficient (Wildman–Crippen LogP) is 4.08. The summed E-state index contributed by atoms with van der Waals surface area (Å²) in [5.41, 5.74) is 1.59.